The van der Waals surface area contributed by atoms with Gasteiger partial charge in [-0.2, -0.15) is 5.10 Å². The first-order valence-corrected chi connectivity index (χ1v) is 7.94. The summed E-state index contributed by atoms with van der Waals surface area (Å²) in [6.07, 6.45) is 5.58. The highest BCUT2D eigenvalue weighted by molar-refractivity contribution is 5.57. The number of nitrogens with two attached hydrogens (primary N) is 1. The SMILES string of the molecule is Cc1ccc(CO)c(N=Nc2cnn(Cc3ccc[n+](C)c3)c2N)c1. The van der Waals surface area contributed by atoms with E-state index in [9.17, 15) is 5.11 Å². The van der Waals surface area contributed by atoms with Crippen molar-refractivity contribution in [3.05, 3.63) is 65.6 Å². The third-order valence-electron chi connectivity index (χ3n) is 3.87. The summed E-state index contributed by atoms with van der Waals surface area (Å²) < 4.78 is 3.66. The van der Waals surface area contributed by atoms with Crippen LogP contribution in [0.1, 0.15) is 16.7 Å². The van der Waals surface area contributed by atoms with E-state index < -0.39 is 0 Å². The quantitative estimate of drug-likeness (QED) is 0.553. The van der Waals surface area contributed by atoms with E-state index >= 15 is 0 Å². The molecule has 3 rings (SSSR count). The summed E-state index contributed by atoms with van der Waals surface area (Å²) in [5, 5.41) is 22.1. The summed E-state index contributed by atoms with van der Waals surface area (Å²) in [6.45, 7) is 2.43. The van der Waals surface area contributed by atoms with E-state index in [2.05, 4.69) is 15.3 Å². The van der Waals surface area contributed by atoms with Crippen LogP contribution in [0.15, 0.2) is 59.2 Å². The van der Waals surface area contributed by atoms with Crippen LogP contribution >= 0.6 is 0 Å². The van der Waals surface area contributed by atoms with Gasteiger partial charge in [0.25, 0.3) is 0 Å². The number of aromatic nitrogens is 3. The maximum atomic E-state index is 9.41. The Balaban J connectivity index is 1.83. The van der Waals surface area contributed by atoms with Gasteiger partial charge in [0.2, 0.25) is 0 Å². The molecular formula is C18H21N6O+. The van der Waals surface area contributed by atoms with Gasteiger partial charge in [-0.1, -0.05) is 12.1 Å². The molecule has 0 aliphatic rings. The molecule has 0 saturated heterocycles. The van der Waals surface area contributed by atoms with E-state index in [0.717, 1.165) is 16.7 Å². The zero-order chi connectivity index (χ0) is 17.8. The van der Waals surface area contributed by atoms with Crippen molar-refractivity contribution < 1.29 is 9.67 Å². The fraction of sp³-hybridized carbons (Fsp3) is 0.222. The Kier molecular flexibility index (Phi) is 4.85. The number of hydrogen-bond donors (Lipinski definition) is 2. The van der Waals surface area contributed by atoms with Gasteiger partial charge in [-0.3, -0.25) is 0 Å². The van der Waals surface area contributed by atoms with Gasteiger partial charge in [0.15, 0.2) is 12.4 Å². The van der Waals surface area contributed by atoms with Crippen LogP contribution < -0.4 is 10.3 Å². The summed E-state index contributed by atoms with van der Waals surface area (Å²) in [5.41, 5.74) is 10.1. The smallest absolute Gasteiger partial charge is 0.173 e. The summed E-state index contributed by atoms with van der Waals surface area (Å²) in [7, 11) is 1.97. The minimum atomic E-state index is -0.0889. The molecule has 0 aliphatic carbocycles. The summed E-state index contributed by atoms with van der Waals surface area (Å²) in [6, 6.07) is 9.63. The van der Waals surface area contributed by atoms with E-state index in [1.54, 1.807) is 10.9 Å². The number of nitrogen functional groups attached to an aromatic ring is 1. The van der Waals surface area contributed by atoms with Gasteiger partial charge < -0.3 is 10.8 Å². The lowest BCUT2D eigenvalue weighted by Crippen LogP contribution is -2.27. The van der Waals surface area contributed by atoms with E-state index in [-0.39, 0.29) is 6.61 Å². The summed E-state index contributed by atoms with van der Waals surface area (Å²) in [5.74, 6) is 0.452. The van der Waals surface area contributed by atoms with Gasteiger partial charge in [-0.05, 0) is 24.6 Å². The Labute approximate surface area is 146 Å². The average molecular weight is 337 g/mol. The van der Waals surface area contributed by atoms with Crippen molar-refractivity contribution in [3.8, 4) is 0 Å². The Hall–Kier alpha value is -3.06. The first-order valence-electron chi connectivity index (χ1n) is 7.94. The minimum absolute atomic E-state index is 0.0889. The summed E-state index contributed by atoms with van der Waals surface area (Å²) >= 11 is 0. The third kappa shape index (κ3) is 3.89. The zero-order valence-electron chi connectivity index (χ0n) is 14.3. The molecule has 25 heavy (non-hydrogen) atoms. The number of anilines is 1. The van der Waals surface area contributed by atoms with E-state index in [4.69, 9.17) is 5.73 Å². The average Bonchev–Trinajstić information content (AvgIpc) is 2.93. The highest BCUT2D eigenvalue weighted by atomic mass is 16.3. The van der Waals surface area contributed by atoms with Gasteiger partial charge in [-0.15, -0.1) is 10.2 Å². The maximum Gasteiger partial charge on any atom is 0.173 e. The largest absolute Gasteiger partial charge is 0.392 e. The number of nitrogens with zero attached hydrogens (tertiary/aromatic N) is 5. The molecule has 0 atom stereocenters. The molecule has 128 valence electrons. The van der Waals surface area contributed by atoms with Crippen molar-refractivity contribution in [2.45, 2.75) is 20.1 Å². The molecule has 0 aliphatic heterocycles. The fourth-order valence-corrected chi connectivity index (χ4v) is 2.51. The third-order valence-corrected chi connectivity index (χ3v) is 3.87. The van der Waals surface area contributed by atoms with Crippen LogP contribution in [0.2, 0.25) is 0 Å². The van der Waals surface area contributed by atoms with Crippen molar-refractivity contribution in [1.82, 2.24) is 9.78 Å². The number of benzene rings is 1. The number of pyridine rings is 1. The van der Waals surface area contributed by atoms with Crippen LogP contribution in [-0.4, -0.2) is 14.9 Å². The van der Waals surface area contributed by atoms with Crippen molar-refractivity contribution >= 4 is 17.2 Å². The molecule has 0 fully saturated rings. The Morgan fingerprint density at radius 3 is 2.80 bits per heavy atom. The maximum absolute atomic E-state index is 9.41. The minimum Gasteiger partial charge on any atom is -0.392 e. The highest BCUT2D eigenvalue weighted by Crippen LogP contribution is 2.27. The normalized spacial score (nSPS) is 11.3. The van der Waals surface area contributed by atoms with Gasteiger partial charge in [0.05, 0.1) is 25.0 Å². The van der Waals surface area contributed by atoms with Crippen molar-refractivity contribution in [1.29, 1.82) is 0 Å². The first kappa shape index (κ1) is 16.8. The van der Waals surface area contributed by atoms with Crippen molar-refractivity contribution in [2.24, 2.45) is 17.3 Å². The van der Waals surface area contributed by atoms with Crippen molar-refractivity contribution in [3.63, 3.8) is 0 Å². The lowest BCUT2D eigenvalue weighted by Gasteiger charge is -2.04. The van der Waals surface area contributed by atoms with Crippen molar-refractivity contribution in [2.75, 3.05) is 5.73 Å². The molecule has 0 radical (unpaired) electrons. The van der Waals surface area contributed by atoms with E-state index in [1.165, 1.54) is 0 Å². The van der Waals surface area contributed by atoms with Gasteiger partial charge >= 0.3 is 0 Å². The zero-order valence-corrected chi connectivity index (χ0v) is 14.3. The molecule has 7 heteroatoms. The monoisotopic (exact) mass is 337 g/mol. The number of aliphatic hydroxyl groups is 1. The Morgan fingerprint density at radius 2 is 2.04 bits per heavy atom. The van der Waals surface area contributed by atoms with Crippen LogP contribution in [0.5, 0.6) is 0 Å². The molecule has 3 aromatic rings. The molecule has 0 bridgehead atoms. The molecular weight excluding hydrogens is 316 g/mol. The second-order valence-electron chi connectivity index (χ2n) is 5.94. The summed E-state index contributed by atoms with van der Waals surface area (Å²) in [4.78, 5) is 0. The predicted octanol–water partition coefficient (Wildman–Crippen LogP) is 2.55. The van der Waals surface area contributed by atoms with Gasteiger partial charge in [0.1, 0.15) is 18.6 Å². The van der Waals surface area contributed by atoms with E-state index in [1.807, 2.05) is 61.3 Å². The lowest BCUT2D eigenvalue weighted by molar-refractivity contribution is -0.671. The van der Waals surface area contributed by atoms with Crippen LogP contribution in [-0.2, 0) is 20.2 Å². The molecule has 7 nitrogen and oxygen atoms in total. The molecule has 0 unspecified atom stereocenters. The highest BCUT2D eigenvalue weighted by Gasteiger charge is 2.09. The second kappa shape index (κ2) is 7.23. The first-order chi connectivity index (χ1) is 12.1. The fourth-order valence-electron chi connectivity index (χ4n) is 2.51. The number of azo groups is 1. The topological polar surface area (TPSA) is 92.7 Å². The molecule has 2 heterocycles. The molecule has 0 saturated carbocycles. The van der Waals surface area contributed by atoms with Gasteiger partial charge in [-0.25, -0.2) is 9.25 Å². The van der Waals surface area contributed by atoms with E-state index in [0.29, 0.717) is 23.7 Å². The van der Waals surface area contributed by atoms with Crippen LogP contribution in [0.4, 0.5) is 17.2 Å². The second-order valence-corrected chi connectivity index (χ2v) is 5.94. The number of rotatable bonds is 5. The standard InChI is InChI=1S/C18H21N6O/c1-13-5-6-15(12-25)16(8-13)21-22-17-9-20-24(18(17)19)11-14-4-3-7-23(2)10-14/h3-10,25H,11-12,19H2,1-2H3/q+1. The predicted molar refractivity (Wildman–Crippen MR) is 94.6 cm³/mol. The molecule has 0 amide bonds. The van der Waals surface area contributed by atoms with Gasteiger partial charge in [0, 0.05) is 17.2 Å². The molecule has 1 aromatic carbocycles. The Morgan fingerprint density at radius 1 is 1.24 bits per heavy atom. The number of hydrogen-bond acceptors (Lipinski definition) is 5. The lowest BCUT2D eigenvalue weighted by atomic mass is 10.1. The molecule has 2 aromatic heterocycles. The van der Waals surface area contributed by atoms with Crippen LogP contribution in [0.3, 0.4) is 0 Å². The number of aliphatic hydroxyl groups excluding tert-OH is 1. The molecule has 0 spiro atoms. The molecule has 3 N–H and O–H groups in total. The number of aryl methyl sites for hydroxylation is 2. The van der Waals surface area contributed by atoms with Crippen LogP contribution in [0.25, 0.3) is 0 Å². The van der Waals surface area contributed by atoms with Crippen LogP contribution in [0, 0.1) is 6.92 Å². The Bertz CT molecular complexity index is 916.